The third-order valence-electron chi connectivity index (χ3n) is 7.23. The maximum absolute atomic E-state index is 16.2. The molecule has 0 radical (unpaired) electrons. The van der Waals surface area contributed by atoms with E-state index in [9.17, 15) is 9.00 Å². The highest BCUT2D eigenvalue weighted by atomic mass is 35.5. The number of benzene rings is 2. The van der Waals surface area contributed by atoms with Crippen molar-refractivity contribution in [3.05, 3.63) is 53.1 Å². The number of aromatic amines is 1. The lowest BCUT2D eigenvalue weighted by Crippen LogP contribution is -2.46. The van der Waals surface area contributed by atoms with Crippen LogP contribution >= 0.6 is 11.6 Å². The maximum Gasteiger partial charge on any atom is 0.410 e. The number of nitrogen functional groups attached to an aromatic ring is 1. The molecule has 1 aliphatic rings. The van der Waals surface area contributed by atoms with E-state index in [1.165, 1.54) is 14.0 Å². The number of alkyl halides is 1. The summed E-state index contributed by atoms with van der Waals surface area (Å²) in [7, 11) is -0.146. The van der Waals surface area contributed by atoms with Crippen molar-refractivity contribution in [1.29, 1.82) is 0 Å². The Morgan fingerprint density at radius 2 is 1.91 bits per heavy atom. The standard InChI is InChI=1S/C30H39ClFN7O4S/c1-17(2)30(6,32)21-15-20(34-27-35-26(33)36-37-27)16-22(31)25(21)18-8-9-24(23(14-18)42-7)44(41)38-19-10-12-39(13-11-19)28(40)43-29(3,4)5/h8-9,14-16,19,38H,1,10-13H2,2-7H3,(H4,33,34,35,36,37). The molecule has 1 aliphatic heterocycles. The molecule has 0 saturated carbocycles. The number of aromatic nitrogens is 3. The molecule has 44 heavy (non-hydrogen) atoms. The molecular weight excluding hydrogens is 609 g/mol. The van der Waals surface area contributed by atoms with Gasteiger partial charge in [-0.1, -0.05) is 24.2 Å². The van der Waals surface area contributed by atoms with Gasteiger partial charge in [0.05, 0.1) is 17.0 Å². The van der Waals surface area contributed by atoms with Crippen molar-refractivity contribution in [2.24, 2.45) is 0 Å². The summed E-state index contributed by atoms with van der Waals surface area (Å²) in [4.78, 5) is 18.5. The highest BCUT2D eigenvalue weighted by Crippen LogP contribution is 2.45. The first-order valence-electron chi connectivity index (χ1n) is 14.1. The third-order valence-corrected chi connectivity index (χ3v) is 8.81. The number of carbonyl (C=O) groups excluding carboxylic acids is 1. The summed E-state index contributed by atoms with van der Waals surface area (Å²) in [6.07, 6.45) is 0.872. The molecule has 0 aliphatic carbocycles. The second-order valence-corrected chi connectivity index (χ2v) is 13.4. The van der Waals surface area contributed by atoms with Crippen LogP contribution in [0.25, 0.3) is 11.1 Å². The van der Waals surface area contributed by atoms with E-state index >= 15 is 4.39 Å². The van der Waals surface area contributed by atoms with Gasteiger partial charge in [0.1, 0.15) is 22.3 Å². The fourth-order valence-electron chi connectivity index (χ4n) is 4.73. The number of nitrogens with two attached hydrogens (primary N) is 1. The number of hydrogen-bond donors (Lipinski definition) is 4. The lowest BCUT2D eigenvalue weighted by Gasteiger charge is -2.33. The number of methoxy groups -OCH3 is 1. The predicted octanol–water partition coefficient (Wildman–Crippen LogP) is 6.23. The van der Waals surface area contributed by atoms with E-state index in [1.807, 2.05) is 20.8 Å². The van der Waals surface area contributed by atoms with Crippen molar-refractivity contribution >= 4 is 46.3 Å². The summed E-state index contributed by atoms with van der Waals surface area (Å²) in [5, 5.41) is 9.74. The van der Waals surface area contributed by atoms with Crippen molar-refractivity contribution in [3.63, 3.8) is 0 Å². The Morgan fingerprint density at radius 1 is 1.23 bits per heavy atom. The number of amides is 1. The van der Waals surface area contributed by atoms with E-state index in [4.69, 9.17) is 26.8 Å². The van der Waals surface area contributed by atoms with Crippen LogP contribution in [0.15, 0.2) is 47.4 Å². The zero-order valence-corrected chi connectivity index (χ0v) is 27.3. The van der Waals surface area contributed by atoms with Crippen molar-refractivity contribution in [1.82, 2.24) is 24.8 Å². The monoisotopic (exact) mass is 647 g/mol. The Kier molecular flexibility index (Phi) is 9.91. The van der Waals surface area contributed by atoms with Crippen LogP contribution in [0.4, 0.5) is 26.8 Å². The van der Waals surface area contributed by atoms with Gasteiger partial charge in [0.25, 0.3) is 0 Å². The minimum atomic E-state index is -1.96. The van der Waals surface area contributed by atoms with Crippen LogP contribution in [0.5, 0.6) is 5.75 Å². The second-order valence-electron chi connectivity index (χ2n) is 11.8. The number of hydrogen-bond acceptors (Lipinski definition) is 8. The van der Waals surface area contributed by atoms with E-state index < -0.39 is 22.3 Å². The summed E-state index contributed by atoms with van der Waals surface area (Å²) in [6.45, 7) is 13.3. The molecule has 2 aromatic carbocycles. The molecule has 1 aromatic heterocycles. The summed E-state index contributed by atoms with van der Waals surface area (Å²) in [5.74, 6) is 0.665. The molecule has 238 valence electrons. The highest BCUT2D eigenvalue weighted by Gasteiger charge is 2.33. The number of likely N-dealkylation sites (tertiary alicyclic amines) is 1. The summed E-state index contributed by atoms with van der Waals surface area (Å²) in [6, 6.07) is 8.25. The molecule has 2 heterocycles. The van der Waals surface area contributed by atoms with Crippen LogP contribution in [-0.2, 0) is 21.4 Å². The fourth-order valence-corrected chi connectivity index (χ4v) is 6.24. The molecule has 1 amide bonds. The van der Waals surface area contributed by atoms with Crippen molar-refractivity contribution < 1.29 is 22.9 Å². The van der Waals surface area contributed by atoms with Gasteiger partial charge in [-0.2, -0.15) is 4.98 Å². The number of rotatable bonds is 9. The summed E-state index contributed by atoms with van der Waals surface area (Å²) < 4.78 is 43.9. The zero-order chi connectivity index (χ0) is 32.4. The SMILES string of the molecule is C=C(C)C(C)(F)c1cc(Nc2n[nH]c(N)n2)cc(Cl)c1-c1ccc(S(=O)NC2CCN(C(=O)OC(C)(C)C)CC2)c(OC)c1. The summed E-state index contributed by atoms with van der Waals surface area (Å²) >= 11 is 6.79. The highest BCUT2D eigenvalue weighted by molar-refractivity contribution is 7.83. The number of nitrogens with one attached hydrogen (secondary N) is 3. The number of anilines is 3. The molecular formula is C30H39ClFN7O4S. The first-order valence-corrected chi connectivity index (χ1v) is 15.6. The molecule has 11 nitrogen and oxygen atoms in total. The van der Waals surface area contributed by atoms with E-state index in [0.717, 1.165) is 0 Å². The van der Waals surface area contributed by atoms with Gasteiger partial charge in [0.2, 0.25) is 11.9 Å². The van der Waals surface area contributed by atoms with Crippen LogP contribution in [0.2, 0.25) is 5.02 Å². The first-order chi connectivity index (χ1) is 20.6. The molecule has 0 spiro atoms. The largest absolute Gasteiger partial charge is 0.495 e. The Hall–Kier alpha value is -3.68. The van der Waals surface area contributed by atoms with Gasteiger partial charge in [0, 0.05) is 35.9 Å². The molecule has 1 fully saturated rings. The molecule has 1 saturated heterocycles. The average molecular weight is 648 g/mol. The molecule has 5 N–H and O–H groups in total. The predicted molar refractivity (Wildman–Crippen MR) is 171 cm³/mol. The summed E-state index contributed by atoms with van der Waals surface area (Å²) in [5.41, 5.74) is 5.07. The van der Waals surface area contributed by atoms with Crippen LogP contribution in [0.1, 0.15) is 53.0 Å². The molecule has 2 atom stereocenters. The Bertz CT molecular complexity index is 1570. The number of piperidine rings is 1. The normalized spacial score (nSPS) is 16.2. The van der Waals surface area contributed by atoms with Gasteiger partial charge in [-0.05, 0) is 82.9 Å². The van der Waals surface area contributed by atoms with E-state index in [-0.39, 0.29) is 40.2 Å². The number of carbonyl (C=O) groups is 1. The Morgan fingerprint density at radius 3 is 2.48 bits per heavy atom. The van der Waals surface area contributed by atoms with Crippen molar-refractivity contribution in [3.8, 4) is 16.9 Å². The van der Waals surface area contributed by atoms with Gasteiger partial charge in [0.15, 0.2) is 5.67 Å². The van der Waals surface area contributed by atoms with E-state index in [1.54, 1.807) is 42.2 Å². The van der Waals surface area contributed by atoms with Gasteiger partial charge in [-0.25, -0.2) is 23.2 Å². The first kappa shape index (κ1) is 33.2. The van der Waals surface area contributed by atoms with Gasteiger partial charge in [-0.3, -0.25) is 0 Å². The molecule has 14 heteroatoms. The number of nitrogens with zero attached hydrogens (tertiary/aromatic N) is 3. The minimum Gasteiger partial charge on any atom is -0.495 e. The average Bonchev–Trinajstić information content (AvgIpc) is 3.35. The second kappa shape index (κ2) is 13.1. The van der Waals surface area contributed by atoms with Crippen LogP contribution < -0.4 is 20.5 Å². The number of H-pyrrole nitrogens is 1. The lowest BCUT2D eigenvalue weighted by molar-refractivity contribution is 0.0204. The molecule has 2 unspecified atom stereocenters. The Balaban J connectivity index is 1.58. The minimum absolute atomic E-state index is 0.0813. The van der Waals surface area contributed by atoms with E-state index in [0.29, 0.717) is 53.4 Å². The van der Waals surface area contributed by atoms with E-state index in [2.05, 4.69) is 31.8 Å². The molecule has 3 aromatic rings. The third kappa shape index (κ3) is 7.69. The smallest absolute Gasteiger partial charge is 0.410 e. The van der Waals surface area contributed by atoms with Crippen molar-refractivity contribution in [2.75, 3.05) is 31.2 Å². The number of halogens is 2. The fraction of sp³-hybridized carbons (Fsp3) is 0.433. The van der Waals surface area contributed by atoms with Gasteiger partial charge >= 0.3 is 6.09 Å². The van der Waals surface area contributed by atoms with Crippen LogP contribution in [-0.4, -0.2) is 62.2 Å². The van der Waals surface area contributed by atoms with Gasteiger partial charge < -0.3 is 25.4 Å². The lowest BCUT2D eigenvalue weighted by atomic mass is 9.85. The van der Waals surface area contributed by atoms with Crippen molar-refractivity contribution in [2.45, 2.75) is 69.7 Å². The van der Waals surface area contributed by atoms with Crippen LogP contribution in [0, 0.1) is 0 Å². The quantitative estimate of drug-likeness (QED) is 0.200. The van der Waals surface area contributed by atoms with Crippen LogP contribution in [0.3, 0.4) is 0 Å². The molecule has 0 bridgehead atoms. The Labute approximate surface area is 264 Å². The number of allylic oxidation sites excluding steroid dienone is 1. The topological polar surface area (TPSA) is 147 Å². The number of ether oxygens (including phenoxy) is 2. The zero-order valence-electron chi connectivity index (χ0n) is 25.7. The van der Waals surface area contributed by atoms with Gasteiger partial charge in [-0.15, -0.1) is 5.10 Å². The molecule has 4 rings (SSSR count). The maximum atomic E-state index is 16.2.